The molecule has 0 atom stereocenters. The van der Waals surface area contributed by atoms with Crippen molar-refractivity contribution in [3.05, 3.63) is 29.8 Å². The van der Waals surface area contributed by atoms with Crippen LogP contribution in [0.25, 0.3) is 0 Å². The standard InChI is InChI=1S/C16H25NO.ClH/c1-18-16-10-6-5-9-15(16)13-17-12-11-14-7-3-2-4-8-14;/h5-6,9-10,14,17H,2-4,7-8,11-13H2,1H3;1H. The van der Waals surface area contributed by atoms with Gasteiger partial charge in [0.2, 0.25) is 0 Å². The molecule has 1 fully saturated rings. The van der Waals surface area contributed by atoms with E-state index in [4.69, 9.17) is 4.74 Å². The second-order valence-corrected chi connectivity index (χ2v) is 5.28. The van der Waals surface area contributed by atoms with E-state index >= 15 is 0 Å². The minimum absolute atomic E-state index is 0. The van der Waals surface area contributed by atoms with Crippen molar-refractivity contribution in [2.24, 2.45) is 5.92 Å². The second-order valence-electron chi connectivity index (χ2n) is 5.28. The number of hydrogen-bond donors (Lipinski definition) is 1. The molecule has 3 heteroatoms. The molecule has 0 radical (unpaired) electrons. The van der Waals surface area contributed by atoms with Crippen LogP contribution in [0, 0.1) is 5.92 Å². The number of ether oxygens (including phenoxy) is 1. The average molecular weight is 284 g/mol. The second kappa shape index (κ2) is 9.22. The number of benzene rings is 1. The Balaban J connectivity index is 0.00000180. The first kappa shape index (κ1) is 16.3. The van der Waals surface area contributed by atoms with Crippen molar-refractivity contribution < 1.29 is 4.74 Å². The van der Waals surface area contributed by atoms with E-state index in [0.29, 0.717) is 0 Å². The summed E-state index contributed by atoms with van der Waals surface area (Å²) in [6.07, 6.45) is 8.54. The summed E-state index contributed by atoms with van der Waals surface area (Å²) in [5, 5.41) is 3.54. The van der Waals surface area contributed by atoms with Crippen molar-refractivity contribution in [1.29, 1.82) is 0 Å². The fraction of sp³-hybridized carbons (Fsp3) is 0.625. The van der Waals surface area contributed by atoms with Crippen LogP contribution < -0.4 is 10.1 Å². The Hall–Kier alpha value is -0.730. The minimum atomic E-state index is 0. The van der Waals surface area contributed by atoms with Crippen LogP contribution in [-0.2, 0) is 6.54 Å². The maximum atomic E-state index is 5.35. The quantitative estimate of drug-likeness (QED) is 0.791. The molecule has 2 nitrogen and oxygen atoms in total. The van der Waals surface area contributed by atoms with Gasteiger partial charge in [-0.15, -0.1) is 12.4 Å². The Labute approximate surface area is 123 Å². The zero-order chi connectivity index (χ0) is 12.6. The Morgan fingerprint density at radius 2 is 1.89 bits per heavy atom. The number of nitrogens with one attached hydrogen (secondary N) is 1. The highest BCUT2D eigenvalue weighted by Gasteiger charge is 2.12. The van der Waals surface area contributed by atoms with Gasteiger partial charge in [-0.1, -0.05) is 50.3 Å². The van der Waals surface area contributed by atoms with Crippen LogP contribution in [-0.4, -0.2) is 13.7 Å². The van der Waals surface area contributed by atoms with Crippen LogP contribution in [0.5, 0.6) is 5.75 Å². The van der Waals surface area contributed by atoms with Gasteiger partial charge in [0.25, 0.3) is 0 Å². The van der Waals surface area contributed by atoms with Gasteiger partial charge in [-0.25, -0.2) is 0 Å². The summed E-state index contributed by atoms with van der Waals surface area (Å²) in [6, 6.07) is 8.25. The average Bonchev–Trinajstić information content (AvgIpc) is 2.45. The third-order valence-electron chi connectivity index (χ3n) is 3.96. The van der Waals surface area contributed by atoms with E-state index in [2.05, 4.69) is 17.4 Å². The molecule has 1 saturated carbocycles. The van der Waals surface area contributed by atoms with Crippen LogP contribution in [0.15, 0.2) is 24.3 Å². The highest BCUT2D eigenvalue weighted by Crippen LogP contribution is 2.25. The largest absolute Gasteiger partial charge is 0.496 e. The zero-order valence-electron chi connectivity index (χ0n) is 11.9. The molecule has 0 spiro atoms. The fourth-order valence-corrected chi connectivity index (χ4v) is 2.85. The molecule has 1 aliphatic carbocycles. The first-order chi connectivity index (χ1) is 8.90. The summed E-state index contributed by atoms with van der Waals surface area (Å²) < 4.78 is 5.35. The highest BCUT2D eigenvalue weighted by molar-refractivity contribution is 5.85. The maximum Gasteiger partial charge on any atom is 0.123 e. The van der Waals surface area contributed by atoms with Gasteiger partial charge in [0.1, 0.15) is 5.75 Å². The number of halogens is 1. The molecular formula is C16H26ClNO. The number of para-hydroxylation sites is 1. The molecule has 0 unspecified atom stereocenters. The molecular weight excluding hydrogens is 258 g/mol. The van der Waals surface area contributed by atoms with E-state index in [9.17, 15) is 0 Å². The molecule has 0 aromatic heterocycles. The molecule has 1 N–H and O–H groups in total. The predicted octanol–water partition coefficient (Wildman–Crippen LogP) is 4.18. The van der Waals surface area contributed by atoms with Crippen LogP contribution in [0.3, 0.4) is 0 Å². The summed E-state index contributed by atoms with van der Waals surface area (Å²) in [5.74, 6) is 1.95. The van der Waals surface area contributed by atoms with Gasteiger partial charge in [-0.2, -0.15) is 0 Å². The monoisotopic (exact) mass is 283 g/mol. The molecule has 1 aliphatic rings. The SMILES string of the molecule is COc1ccccc1CNCCC1CCCCC1.Cl. The minimum Gasteiger partial charge on any atom is -0.496 e. The van der Waals surface area contributed by atoms with Crippen LogP contribution >= 0.6 is 12.4 Å². The Morgan fingerprint density at radius 1 is 1.16 bits per heavy atom. The van der Waals surface area contributed by atoms with Gasteiger partial charge < -0.3 is 10.1 Å². The predicted molar refractivity (Wildman–Crippen MR) is 83.1 cm³/mol. The first-order valence-corrected chi connectivity index (χ1v) is 7.23. The Morgan fingerprint density at radius 3 is 2.63 bits per heavy atom. The smallest absolute Gasteiger partial charge is 0.123 e. The lowest BCUT2D eigenvalue weighted by molar-refractivity contribution is 0.333. The highest BCUT2D eigenvalue weighted by atomic mass is 35.5. The van der Waals surface area contributed by atoms with Crippen molar-refractivity contribution in [3.8, 4) is 5.75 Å². The van der Waals surface area contributed by atoms with Gasteiger partial charge in [0.05, 0.1) is 7.11 Å². The van der Waals surface area contributed by atoms with Crippen molar-refractivity contribution in [2.75, 3.05) is 13.7 Å². The number of hydrogen-bond acceptors (Lipinski definition) is 2. The summed E-state index contributed by atoms with van der Waals surface area (Å²) in [4.78, 5) is 0. The van der Waals surface area contributed by atoms with Gasteiger partial charge >= 0.3 is 0 Å². The van der Waals surface area contributed by atoms with Crippen molar-refractivity contribution in [3.63, 3.8) is 0 Å². The molecule has 1 aromatic carbocycles. The van der Waals surface area contributed by atoms with E-state index in [-0.39, 0.29) is 12.4 Å². The molecule has 19 heavy (non-hydrogen) atoms. The van der Waals surface area contributed by atoms with E-state index in [0.717, 1.165) is 24.8 Å². The summed E-state index contributed by atoms with van der Waals surface area (Å²) in [7, 11) is 1.74. The van der Waals surface area contributed by atoms with Crippen LogP contribution in [0.2, 0.25) is 0 Å². The topological polar surface area (TPSA) is 21.3 Å². The molecule has 0 heterocycles. The lowest BCUT2D eigenvalue weighted by Crippen LogP contribution is -2.19. The Kier molecular flexibility index (Phi) is 7.92. The first-order valence-electron chi connectivity index (χ1n) is 7.23. The van der Waals surface area contributed by atoms with E-state index in [1.807, 2.05) is 12.1 Å². The van der Waals surface area contributed by atoms with Crippen LogP contribution in [0.1, 0.15) is 44.1 Å². The summed E-state index contributed by atoms with van der Waals surface area (Å²) in [6.45, 7) is 2.04. The van der Waals surface area contributed by atoms with Gasteiger partial charge in [-0.05, 0) is 24.9 Å². The Bertz CT molecular complexity index is 350. The van der Waals surface area contributed by atoms with Gasteiger partial charge in [0, 0.05) is 12.1 Å². The molecule has 2 rings (SSSR count). The molecule has 0 bridgehead atoms. The van der Waals surface area contributed by atoms with E-state index < -0.39 is 0 Å². The summed E-state index contributed by atoms with van der Waals surface area (Å²) in [5.41, 5.74) is 1.25. The van der Waals surface area contributed by atoms with Crippen molar-refractivity contribution >= 4 is 12.4 Å². The van der Waals surface area contributed by atoms with E-state index in [1.165, 1.54) is 44.1 Å². The van der Waals surface area contributed by atoms with E-state index in [1.54, 1.807) is 7.11 Å². The third-order valence-corrected chi connectivity index (χ3v) is 3.96. The lowest BCUT2D eigenvalue weighted by Gasteiger charge is -2.21. The zero-order valence-corrected chi connectivity index (χ0v) is 12.7. The molecule has 0 aliphatic heterocycles. The van der Waals surface area contributed by atoms with Crippen molar-refractivity contribution in [1.82, 2.24) is 5.32 Å². The van der Waals surface area contributed by atoms with Gasteiger partial charge in [0.15, 0.2) is 0 Å². The number of rotatable bonds is 6. The summed E-state index contributed by atoms with van der Waals surface area (Å²) >= 11 is 0. The number of methoxy groups -OCH3 is 1. The fourth-order valence-electron chi connectivity index (χ4n) is 2.85. The molecule has 108 valence electrons. The lowest BCUT2D eigenvalue weighted by atomic mass is 9.87. The van der Waals surface area contributed by atoms with Crippen molar-refractivity contribution in [2.45, 2.75) is 45.1 Å². The molecule has 0 saturated heterocycles. The van der Waals surface area contributed by atoms with Gasteiger partial charge in [-0.3, -0.25) is 0 Å². The molecule has 0 amide bonds. The third kappa shape index (κ3) is 5.42. The maximum absolute atomic E-state index is 5.35. The molecule has 1 aromatic rings. The normalized spacial score (nSPS) is 15.8. The van der Waals surface area contributed by atoms with Crippen LogP contribution in [0.4, 0.5) is 0 Å².